The zero-order valence-corrected chi connectivity index (χ0v) is 12.2. The molecule has 0 aromatic heterocycles. The number of anilines is 2. The van der Waals surface area contributed by atoms with Crippen LogP contribution in [-0.4, -0.2) is 15.9 Å². The van der Waals surface area contributed by atoms with Crippen LogP contribution in [-0.2, 0) is 15.6 Å². The Balaban J connectivity index is 2.04. The number of halogens is 1. The van der Waals surface area contributed by atoms with Gasteiger partial charge < -0.3 is 11.1 Å². The number of benzene rings is 2. The van der Waals surface area contributed by atoms with E-state index in [1.165, 1.54) is 18.2 Å². The quantitative estimate of drug-likeness (QED) is 0.852. The number of nitrogens with one attached hydrogen (secondary N) is 1. The first kappa shape index (κ1) is 15.2. The highest BCUT2D eigenvalue weighted by molar-refractivity contribution is 7.85. The molecule has 21 heavy (non-hydrogen) atoms. The smallest absolute Gasteiger partial charge is 0.237 e. The molecule has 1 unspecified atom stereocenters. The average molecular weight is 306 g/mol. The van der Waals surface area contributed by atoms with Crippen molar-refractivity contribution < 1.29 is 13.4 Å². The van der Waals surface area contributed by atoms with E-state index in [0.29, 0.717) is 16.3 Å². The van der Waals surface area contributed by atoms with Crippen molar-refractivity contribution in [2.24, 2.45) is 0 Å². The number of hydrogen-bond acceptors (Lipinski definition) is 3. The SMILES string of the molecule is Cc1cc(N)ccc1S(=O)CC(=O)Nc1cccc(F)c1. The molecule has 2 aromatic carbocycles. The lowest BCUT2D eigenvalue weighted by atomic mass is 10.2. The van der Waals surface area contributed by atoms with E-state index in [2.05, 4.69) is 5.32 Å². The molecular weight excluding hydrogens is 291 g/mol. The zero-order chi connectivity index (χ0) is 15.4. The normalized spacial score (nSPS) is 11.9. The summed E-state index contributed by atoms with van der Waals surface area (Å²) in [4.78, 5) is 12.4. The van der Waals surface area contributed by atoms with Gasteiger partial charge in [-0.25, -0.2) is 4.39 Å². The van der Waals surface area contributed by atoms with Gasteiger partial charge in [-0.05, 0) is 48.9 Å². The summed E-state index contributed by atoms with van der Waals surface area (Å²) in [5.74, 6) is -1.07. The maximum atomic E-state index is 13.0. The molecule has 0 bridgehead atoms. The Morgan fingerprint density at radius 2 is 2.05 bits per heavy atom. The highest BCUT2D eigenvalue weighted by Gasteiger charge is 2.13. The van der Waals surface area contributed by atoms with Gasteiger partial charge in [0.15, 0.2) is 0 Å². The second-order valence-electron chi connectivity index (χ2n) is 4.57. The lowest BCUT2D eigenvalue weighted by Gasteiger charge is -2.08. The molecule has 1 atom stereocenters. The largest absolute Gasteiger partial charge is 0.399 e. The van der Waals surface area contributed by atoms with Gasteiger partial charge in [-0.2, -0.15) is 0 Å². The van der Waals surface area contributed by atoms with Gasteiger partial charge in [-0.15, -0.1) is 0 Å². The maximum absolute atomic E-state index is 13.0. The summed E-state index contributed by atoms with van der Waals surface area (Å²) in [7, 11) is -1.47. The van der Waals surface area contributed by atoms with Crippen LogP contribution in [0.25, 0.3) is 0 Å². The Hall–Kier alpha value is -2.21. The van der Waals surface area contributed by atoms with Gasteiger partial charge in [0.25, 0.3) is 0 Å². The van der Waals surface area contributed by atoms with Crippen LogP contribution >= 0.6 is 0 Å². The van der Waals surface area contributed by atoms with Crippen LogP contribution in [0.4, 0.5) is 15.8 Å². The fraction of sp³-hybridized carbons (Fsp3) is 0.133. The highest BCUT2D eigenvalue weighted by Crippen LogP contribution is 2.17. The molecule has 0 aliphatic rings. The Morgan fingerprint density at radius 1 is 1.29 bits per heavy atom. The molecule has 0 spiro atoms. The molecule has 0 saturated carbocycles. The lowest BCUT2D eigenvalue weighted by molar-refractivity contribution is -0.113. The number of aryl methyl sites for hydroxylation is 1. The van der Waals surface area contributed by atoms with Crippen LogP contribution in [0, 0.1) is 12.7 Å². The first-order valence-electron chi connectivity index (χ1n) is 6.25. The third-order valence-corrected chi connectivity index (χ3v) is 4.29. The average Bonchev–Trinajstić information content (AvgIpc) is 2.38. The zero-order valence-electron chi connectivity index (χ0n) is 11.4. The second kappa shape index (κ2) is 6.49. The number of hydrogen-bond donors (Lipinski definition) is 2. The van der Waals surface area contributed by atoms with E-state index in [1.807, 2.05) is 0 Å². The van der Waals surface area contributed by atoms with Crippen molar-refractivity contribution in [3.05, 3.63) is 53.8 Å². The van der Waals surface area contributed by atoms with Crippen molar-refractivity contribution >= 4 is 28.1 Å². The number of carbonyl (C=O) groups excluding carboxylic acids is 1. The van der Waals surface area contributed by atoms with Crippen LogP contribution in [0.5, 0.6) is 0 Å². The molecule has 4 nitrogen and oxygen atoms in total. The predicted octanol–water partition coefficient (Wildman–Crippen LogP) is 2.46. The van der Waals surface area contributed by atoms with Gasteiger partial charge in [0, 0.05) is 16.3 Å². The Kier molecular flexibility index (Phi) is 4.70. The van der Waals surface area contributed by atoms with Crippen molar-refractivity contribution in [2.75, 3.05) is 16.8 Å². The topological polar surface area (TPSA) is 72.2 Å². The molecule has 6 heteroatoms. The van der Waals surface area contributed by atoms with Crippen LogP contribution in [0.15, 0.2) is 47.4 Å². The van der Waals surface area contributed by atoms with E-state index in [0.717, 1.165) is 5.56 Å². The standard InChI is InChI=1S/C15H15FN2O2S/c1-10-7-12(17)5-6-14(10)21(20)9-15(19)18-13-4-2-3-11(16)8-13/h2-8H,9,17H2,1H3,(H,18,19). The Morgan fingerprint density at radius 3 is 2.71 bits per heavy atom. The van der Waals surface area contributed by atoms with Crippen LogP contribution < -0.4 is 11.1 Å². The Bertz CT molecular complexity index is 704. The van der Waals surface area contributed by atoms with E-state index in [1.54, 1.807) is 31.2 Å². The van der Waals surface area contributed by atoms with E-state index >= 15 is 0 Å². The molecule has 0 saturated heterocycles. The minimum absolute atomic E-state index is 0.193. The van der Waals surface area contributed by atoms with Gasteiger partial charge in [0.2, 0.25) is 5.91 Å². The van der Waals surface area contributed by atoms with E-state index in [9.17, 15) is 13.4 Å². The Labute approximate surface area is 124 Å². The maximum Gasteiger partial charge on any atom is 0.237 e. The predicted molar refractivity (Wildman–Crippen MR) is 81.9 cm³/mol. The summed E-state index contributed by atoms with van der Waals surface area (Å²) in [6.07, 6.45) is 0. The number of rotatable bonds is 4. The summed E-state index contributed by atoms with van der Waals surface area (Å²) in [6, 6.07) is 10.5. The molecular formula is C15H15FN2O2S. The van der Waals surface area contributed by atoms with Gasteiger partial charge in [-0.3, -0.25) is 9.00 Å². The third-order valence-electron chi connectivity index (χ3n) is 2.81. The molecule has 2 aromatic rings. The van der Waals surface area contributed by atoms with Gasteiger partial charge >= 0.3 is 0 Å². The first-order valence-corrected chi connectivity index (χ1v) is 7.57. The van der Waals surface area contributed by atoms with Gasteiger partial charge in [0.05, 0.1) is 10.8 Å². The molecule has 2 rings (SSSR count). The molecule has 0 radical (unpaired) electrons. The van der Waals surface area contributed by atoms with Crippen LogP contribution in [0.2, 0.25) is 0 Å². The molecule has 0 fully saturated rings. The lowest BCUT2D eigenvalue weighted by Crippen LogP contribution is -2.20. The van der Waals surface area contributed by atoms with Crippen molar-refractivity contribution in [1.82, 2.24) is 0 Å². The van der Waals surface area contributed by atoms with Crippen LogP contribution in [0.1, 0.15) is 5.56 Å². The highest BCUT2D eigenvalue weighted by atomic mass is 32.2. The fourth-order valence-corrected chi connectivity index (χ4v) is 2.99. The van der Waals surface area contributed by atoms with Crippen LogP contribution in [0.3, 0.4) is 0 Å². The molecule has 0 aliphatic heterocycles. The molecule has 1 amide bonds. The number of carbonyl (C=O) groups is 1. The molecule has 3 N–H and O–H groups in total. The van der Waals surface area contributed by atoms with Gasteiger partial charge in [0.1, 0.15) is 11.6 Å². The van der Waals surface area contributed by atoms with Crippen molar-refractivity contribution in [2.45, 2.75) is 11.8 Å². The number of amides is 1. The summed E-state index contributed by atoms with van der Waals surface area (Å²) < 4.78 is 25.2. The summed E-state index contributed by atoms with van der Waals surface area (Å²) in [6.45, 7) is 1.79. The molecule has 0 aliphatic carbocycles. The molecule has 110 valence electrons. The summed E-state index contributed by atoms with van der Waals surface area (Å²) in [5, 5.41) is 2.52. The van der Waals surface area contributed by atoms with Crippen molar-refractivity contribution in [3.8, 4) is 0 Å². The number of nitrogen functional groups attached to an aromatic ring is 1. The van der Waals surface area contributed by atoms with E-state index in [4.69, 9.17) is 5.73 Å². The van der Waals surface area contributed by atoms with Gasteiger partial charge in [-0.1, -0.05) is 6.07 Å². The first-order chi connectivity index (χ1) is 9.95. The van der Waals surface area contributed by atoms with Crippen molar-refractivity contribution in [3.63, 3.8) is 0 Å². The minimum atomic E-state index is -1.47. The fourth-order valence-electron chi connectivity index (χ4n) is 1.89. The second-order valence-corrected chi connectivity index (χ2v) is 5.99. The van der Waals surface area contributed by atoms with E-state index < -0.39 is 22.5 Å². The summed E-state index contributed by atoms with van der Waals surface area (Å²) in [5.41, 5.74) is 7.32. The summed E-state index contributed by atoms with van der Waals surface area (Å²) >= 11 is 0. The van der Waals surface area contributed by atoms with E-state index in [-0.39, 0.29) is 5.75 Å². The monoisotopic (exact) mass is 306 g/mol. The number of nitrogens with two attached hydrogens (primary N) is 1. The van der Waals surface area contributed by atoms with Crippen molar-refractivity contribution in [1.29, 1.82) is 0 Å². The minimum Gasteiger partial charge on any atom is -0.399 e. The molecule has 0 heterocycles. The third kappa shape index (κ3) is 4.13.